The van der Waals surface area contributed by atoms with Gasteiger partial charge in [0, 0.05) is 11.1 Å². The highest BCUT2D eigenvalue weighted by molar-refractivity contribution is 5.83. The van der Waals surface area contributed by atoms with Gasteiger partial charge in [0.2, 0.25) is 0 Å². The number of fused-ring (bicyclic) bond motifs is 1. The molecule has 0 saturated carbocycles. The fraction of sp³-hybridized carbons (Fsp3) is 0.0909. The number of hydrogen-bond acceptors (Lipinski definition) is 3. The molecule has 0 aliphatic carbocycles. The summed E-state index contributed by atoms with van der Waals surface area (Å²) in [5, 5.41) is 12.4. The summed E-state index contributed by atoms with van der Waals surface area (Å²) < 4.78 is 0. The molecule has 0 amide bonds. The van der Waals surface area contributed by atoms with E-state index in [1.807, 2.05) is 36.4 Å². The van der Waals surface area contributed by atoms with Gasteiger partial charge in [0.15, 0.2) is 0 Å². The van der Waals surface area contributed by atoms with Crippen molar-refractivity contribution in [1.29, 1.82) is 0 Å². The van der Waals surface area contributed by atoms with Crippen molar-refractivity contribution in [2.75, 3.05) is 0 Å². The van der Waals surface area contributed by atoms with E-state index in [9.17, 15) is 0 Å². The molecule has 3 N–H and O–H groups in total. The SMILES string of the molecule is N/C(Cc1ccc2ccccc2n1)=N\O. The van der Waals surface area contributed by atoms with E-state index in [-0.39, 0.29) is 5.84 Å². The Hall–Kier alpha value is -2.10. The van der Waals surface area contributed by atoms with Crippen molar-refractivity contribution in [3.8, 4) is 0 Å². The predicted molar refractivity (Wildman–Crippen MR) is 58.9 cm³/mol. The summed E-state index contributed by atoms with van der Waals surface area (Å²) in [6.45, 7) is 0. The Labute approximate surface area is 87.0 Å². The molecule has 0 saturated heterocycles. The predicted octanol–water partition coefficient (Wildman–Crippen LogP) is 1.52. The third-order valence-electron chi connectivity index (χ3n) is 2.15. The van der Waals surface area contributed by atoms with Crippen LogP contribution in [0.2, 0.25) is 0 Å². The molecule has 0 aliphatic rings. The maximum Gasteiger partial charge on any atom is 0.145 e. The van der Waals surface area contributed by atoms with Crippen LogP contribution in [-0.2, 0) is 6.42 Å². The van der Waals surface area contributed by atoms with Gasteiger partial charge in [-0.25, -0.2) is 0 Å². The molecule has 0 atom stereocenters. The highest BCUT2D eigenvalue weighted by Crippen LogP contribution is 2.11. The molecule has 0 radical (unpaired) electrons. The summed E-state index contributed by atoms with van der Waals surface area (Å²) in [6, 6.07) is 11.7. The van der Waals surface area contributed by atoms with Gasteiger partial charge in [0.1, 0.15) is 5.84 Å². The fourth-order valence-electron chi connectivity index (χ4n) is 1.43. The van der Waals surface area contributed by atoms with Gasteiger partial charge in [-0.3, -0.25) is 4.98 Å². The lowest BCUT2D eigenvalue weighted by molar-refractivity contribution is 0.317. The van der Waals surface area contributed by atoms with Gasteiger partial charge >= 0.3 is 0 Å². The zero-order valence-electron chi connectivity index (χ0n) is 8.09. The van der Waals surface area contributed by atoms with Crippen LogP contribution < -0.4 is 5.73 Å². The van der Waals surface area contributed by atoms with Gasteiger partial charge in [-0.15, -0.1) is 0 Å². The molecule has 0 spiro atoms. The second-order valence-corrected chi connectivity index (χ2v) is 3.26. The topological polar surface area (TPSA) is 71.5 Å². The fourth-order valence-corrected chi connectivity index (χ4v) is 1.43. The minimum atomic E-state index is 0.165. The lowest BCUT2D eigenvalue weighted by Crippen LogP contribution is -2.15. The average molecular weight is 201 g/mol. The first-order valence-electron chi connectivity index (χ1n) is 4.60. The molecule has 0 unspecified atom stereocenters. The first-order valence-corrected chi connectivity index (χ1v) is 4.60. The van der Waals surface area contributed by atoms with Crippen molar-refractivity contribution in [2.45, 2.75) is 6.42 Å². The van der Waals surface area contributed by atoms with E-state index in [2.05, 4.69) is 10.1 Å². The molecule has 0 fully saturated rings. The molecule has 2 aromatic rings. The minimum Gasteiger partial charge on any atom is -0.409 e. The van der Waals surface area contributed by atoms with Gasteiger partial charge in [-0.2, -0.15) is 0 Å². The molecular formula is C11H11N3O. The quantitative estimate of drug-likeness (QED) is 0.335. The summed E-state index contributed by atoms with van der Waals surface area (Å²) in [5.74, 6) is 0.165. The lowest BCUT2D eigenvalue weighted by Gasteiger charge is -2.01. The average Bonchev–Trinajstić information content (AvgIpc) is 2.29. The number of rotatable bonds is 2. The van der Waals surface area contributed by atoms with Gasteiger partial charge < -0.3 is 10.9 Å². The number of nitrogens with two attached hydrogens (primary N) is 1. The second-order valence-electron chi connectivity index (χ2n) is 3.26. The standard InChI is InChI=1S/C11H11N3O/c12-11(14-15)7-9-6-5-8-3-1-2-4-10(8)13-9/h1-6,15H,7H2,(H2,12,14). The van der Waals surface area contributed by atoms with Crippen molar-refractivity contribution in [3.05, 3.63) is 42.1 Å². The molecule has 1 aromatic carbocycles. The van der Waals surface area contributed by atoms with Crippen LogP contribution in [0, 0.1) is 0 Å². The molecule has 1 aromatic heterocycles. The number of nitrogens with zero attached hydrogens (tertiary/aromatic N) is 2. The first kappa shape index (κ1) is 9.45. The van der Waals surface area contributed by atoms with Gasteiger partial charge in [0.25, 0.3) is 0 Å². The number of benzene rings is 1. The van der Waals surface area contributed by atoms with E-state index in [0.29, 0.717) is 6.42 Å². The van der Waals surface area contributed by atoms with E-state index in [4.69, 9.17) is 10.9 Å². The summed E-state index contributed by atoms with van der Waals surface area (Å²) in [6.07, 6.45) is 0.362. The molecule has 0 bridgehead atoms. The zero-order valence-corrected chi connectivity index (χ0v) is 8.09. The lowest BCUT2D eigenvalue weighted by atomic mass is 10.2. The molecule has 4 nitrogen and oxygen atoms in total. The summed E-state index contributed by atoms with van der Waals surface area (Å²) in [4.78, 5) is 4.39. The monoisotopic (exact) mass is 201 g/mol. The Balaban J connectivity index is 2.39. The third-order valence-corrected chi connectivity index (χ3v) is 2.15. The number of pyridine rings is 1. The summed E-state index contributed by atoms with van der Waals surface area (Å²) >= 11 is 0. The van der Waals surface area contributed by atoms with Crippen LogP contribution in [0.5, 0.6) is 0 Å². The number of hydrogen-bond donors (Lipinski definition) is 2. The maximum atomic E-state index is 8.44. The van der Waals surface area contributed by atoms with Crippen LogP contribution in [0.4, 0.5) is 0 Å². The Morgan fingerprint density at radius 3 is 2.87 bits per heavy atom. The highest BCUT2D eigenvalue weighted by atomic mass is 16.4. The Bertz CT molecular complexity index is 508. The van der Waals surface area contributed by atoms with Crippen molar-refractivity contribution in [2.24, 2.45) is 10.9 Å². The van der Waals surface area contributed by atoms with Crippen LogP contribution in [0.15, 0.2) is 41.6 Å². The number of aromatic nitrogens is 1. The number of para-hydroxylation sites is 1. The number of amidine groups is 1. The van der Waals surface area contributed by atoms with E-state index in [0.717, 1.165) is 16.6 Å². The third kappa shape index (κ3) is 2.04. The summed E-state index contributed by atoms with van der Waals surface area (Å²) in [5.41, 5.74) is 7.12. The van der Waals surface area contributed by atoms with Crippen LogP contribution >= 0.6 is 0 Å². The molecule has 2 rings (SSSR count). The first-order chi connectivity index (χ1) is 7.29. The molecule has 4 heteroatoms. The Kier molecular flexibility index (Phi) is 2.49. The van der Waals surface area contributed by atoms with Crippen molar-refractivity contribution in [1.82, 2.24) is 4.98 Å². The molecular weight excluding hydrogens is 190 g/mol. The Morgan fingerprint density at radius 2 is 2.07 bits per heavy atom. The van der Waals surface area contributed by atoms with Gasteiger partial charge in [-0.05, 0) is 12.1 Å². The van der Waals surface area contributed by atoms with Crippen LogP contribution in [-0.4, -0.2) is 16.0 Å². The Morgan fingerprint density at radius 1 is 1.27 bits per heavy atom. The van der Waals surface area contributed by atoms with Crippen LogP contribution in [0.25, 0.3) is 10.9 Å². The smallest absolute Gasteiger partial charge is 0.145 e. The van der Waals surface area contributed by atoms with E-state index >= 15 is 0 Å². The molecule has 1 heterocycles. The van der Waals surface area contributed by atoms with Crippen molar-refractivity contribution < 1.29 is 5.21 Å². The normalized spacial score (nSPS) is 11.9. The van der Waals surface area contributed by atoms with Gasteiger partial charge in [-0.1, -0.05) is 29.4 Å². The maximum absolute atomic E-state index is 8.44. The summed E-state index contributed by atoms with van der Waals surface area (Å²) in [7, 11) is 0. The largest absolute Gasteiger partial charge is 0.409 e. The van der Waals surface area contributed by atoms with Crippen LogP contribution in [0.1, 0.15) is 5.69 Å². The second kappa shape index (κ2) is 3.96. The van der Waals surface area contributed by atoms with Crippen LogP contribution in [0.3, 0.4) is 0 Å². The van der Waals surface area contributed by atoms with Crippen molar-refractivity contribution in [3.63, 3.8) is 0 Å². The van der Waals surface area contributed by atoms with E-state index in [1.54, 1.807) is 0 Å². The minimum absolute atomic E-state index is 0.165. The molecule has 76 valence electrons. The molecule has 15 heavy (non-hydrogen) atoms. The van der Waals surface area contributed by atoms with Gasteiger partial charge in [0.05, 0.1) is 11.9 Å². The molecule has 0 aliphatic heterocycles. The zero-order chi connectivity index (χ0) is 10.7. The van der Waals surface area contributed by atoms with E-state index in [1.165, 1.54) is 0 Å². The highest BCUT2D eigenvalue weighted by Gasteiger charge is 2.00. The van der Waals surface area contributed by atoms with E-state index < -0.39 is 0 Å². The number of oxime groups is 1. The van der Waals surface area contributed by atoms with Crippen molar-refractivity contribution >= 4 is 16.7 Å².